The highest BCUT2D eigenvalue weighted by molar-refractivity contribution is 7.13. The van der Waals surface area contributed by atoms with E-state index in [1.54, 1.807) is 14.2 Å². The highest BCUT2D eigenvalue weighted by atomic mass is 32.1. The number of aromatic nitrogens is 2. The molecule has 1 aliphatic heterocycles. The molecule has 1 aliphatic rings. The van der Waals surface area contributed by atoms with Crippen molar-refractivity contribution in [1.29, 1.82) is 0 Å². The van der Waals surface area contributed by atoms with Crippen molar-refractivity contribution >= 4 is 39.4 Å². The molecule has 4 aromatic rings. The lowest BCUT2D eigenvalue weighted by atomic mass is 10.0. The molecular formula is C27H28N4O3S. The number of hydrogen-bond acceptors (Lipinski definition) is 7. The topological polar surface area (TPSA) is 76.6 Å². The molecular weight excluding hydrogens is 460 g/mol. The summed E-state index contributed by atoms with van der Waals surface area (Å²) in [6.45, 7) is 2.13. The minimum absolute atomic E-state index is 0.106. The fourth-order valence-corrected chi connectivity index (χ4v) is 5.36. The Morgan fingerprint density at radius 2 is 1.86 bits per heavy atom. The Kier molecular flexibility index (Phi) is 6.81. The molecule has 0 saturated carbocycles. The summed E-state index contributed by atoms with van der Waals surface area (Å²) in [7, 11) is 3.22. The number of hydrogen-bond donors (Lipinski definition) is 1. The maximum Gasteiger partial charge on any atom is 0.230 e. The summed E-state index contributed by atoms with van der Waals surface area (Å²) in [6, 6.07) is 11.8. The lowest BCUT2D eigenvalue weighted by Gasteiger charge is -2.30. The number of anilines is 2. The zero-order chi connectivity index (χ0) is 24.2. The number of methoxy groups -OCH3 is 2. The van der Waals surface area contributed by atoms with Crippen molar-refractivity contribution in [2.24, 2.45) is 0 Å². The SMILES string of the molecule is COc1ccc(-c2nc(CC(=O)Nc3ccc(N4CCCCC4)c4ccncc34)cs2)cc1OC. The number of carbonyl (C=O) groups is 1. The molecule has 7 nitrogen and oxygen atoms in total. The van der Waals surface area contributed by atoms with E-state index < -0.39 is 0 Å². The fourth-order valence-electron chi connectivity index (χ4n) is 4.54. The van der Waals surface area contributed by atoms with Crippen LogP contribution in [0.5, 0.6) is 11.5 Å². The van der Waals surface area contributed by atoms with E-state index in [2.05, 4.69) is 26.3 Å². The first kappa shape index (κ1) is 23.1. The van der Waals surface area contributed by atoms with Crippen LogP contribution < -0.4 is 19.7 Å². The molecule has 0 bridgehead atoms. The summed E-state index contributed by atoms with van der Waals surface area (Å²) >= 11 is 1.50. The number of carbonyl (C=O) groups excluding carboxylic acids is 1. The molecule has 2 aromatic carbocycles. The molecule has 3 heterocycles. The van der Waals surface area contributed by atoms with Crippen LogP contribution in [0.3, 0.4) is 0 Å². The van der Waals surface area contributed by atoms with Crippen molar-refractivity contribution in [3.8, 4) is 22.1 Å². The van der Waals surface area contributed by atoms with Crippen molar-refractivity contribution in [3.05, 3.63) is 59.9 Å². The molecule has 5 rings (SSSR count). The van der Waals surface area contributed by atoms with E-state index in [0.29, 0.717) is 11.5 Å². The summed E-state index contributed by atoms with van der Waals surface area (Å²) < 4.78 is 10.7. The van der Waals surface area contributed by atoms with Gasteiger partial charge < -0.3 is 19.7 Å². The van der Waals surface area contributed by atoms with Gasteiger partial charge in [-0.3, -0.25) is 9.78 Å². The van der Waals surface area contributed by atoms with E-state index in [0.717, 1.165) is 45.8 Å². The number of nitrogens with one attached hydrogen (secondary N) is 1. The van der Waals surface area contributed by atoms with Crippen LogP contribution >= 0.6 is 11.3 Å². The number of fused-ring (bicyclic) bond motifs is 1. The van der Waals surface area contributed by atoms with Gasteiger partial charge in [-0.1, -0.05) is 0 Å². The molecule has 8 heteroatoms. The number of ether oxygens (including phenoxy) is 2. The van der Waals surface area contributed by atoms with E-state index in [1.807, 2.05) is 48.1 Å². The van der Waals surface area contributed by atoms with E-state index in [-0.39, 0.29) is 12.3 Å². The van der Waals surface area contributed by atoms with Gasteiger partial charge in [0, 0.05) is 52.9 Å². The zero-order valence-corrected chi connectivity index (χ0v) is 20.7. The lowest BCUT2D eigenvalue weighted by Crippen LogP contribution is -2.29. The number of thiazole rings is 1. The zero-order valence-electron chi connectivity index (χ0n) is 19.9. The Bertz CT molecular complexity index is 1350. The second-order valence-corrected chi connectivity index (χ2v) is 9.40. The van der Waals surface area contributed by atoms with Crippen LogP contribution in [0.1, 0.15) is 25.0 Å². The Balaban J connectivity index is 1.32. The monoisotopic (exact) mass is 488 g/mol. The van der Waals surface area contributed by atoms with Crippen LogP contribution in [-0.4, -0.2) is 43.2 Å². The van der Waals surface area contributed by atoms with Crippen molar-refractivity contribution in [2.75, 3.05) is 37.5 Å². The van der Waals surface area contributed by atoms with Gasteiger partial charge in [0.15, 0.2) is 11.5 Å². The van der Waals surface area contributed by atoms with Crippen LogP contribution in [0.25, 0.3) is 21.3 Å². The van der Waals surface area contributed by atoms with Gasteiger partial charge in [-0.15, -0.1) is 11.3 Å². The molecule has 1 N–H and O–H groups in total. The Hall–Kier alpha value is -3.65. The van der Waals surface area contributed by atoms with Crippen LogP contribution in [-0.2, 0) is 11.2 Å². The minimum Gasteiger partial charge on any atom is -0.493 e. The molecule has 35 heavy (non-hydrogen) atoms. The molecule has 180 valence electrons. The molecule has 1 saturated heterocycles. The number of pyridine rings is 1. The van der Waals surface area contributed by atoms with E-state index >= 15 is 0 Å². The second kappa shape index (κ2) is 10.3. The number of amides is 1. The molecule has 0 aliphatic carbocycles. The maximum atomic E-state index is 12.9. The average Bonchev–Trinajstić information content (AvgIpc) is 3.37. The van der Waals surface area contributed by atoms with Crippen LogP contribution in [0.4, 0.5) is 11.4 Å². The number of benzene rings is 2. The summed E-state index contributed by atoms with van der Waals surface area (Å²) in [4.78, 5) is 24.3. The highest BCUT2D eigenvalue weighted by Crippen LogP contribution is 2.35. The van der Waals surface area contributed by atoms with E-state index in [1.165, 1.54) is 36.3 Å². The van der Waals surface area contributed by atoms with E-state index in [9.17, 15) is 4.79 Å². The normalized spacial score (nSPS) is 13.6. The Morgan fingerprint density at radius 3 is 2.66 bits per heavy atom. The average molecular weight is 489 g/mol. The largest absolute Gasteiger partial charge is 0.493 e. The van der Waals surface area contributed by atoms with Gasteiger partial charge in [0.2, 0.25) is 5.91 Å². The first-order valence-electron chi connectivity index (χ1n) is 11.7. The third-order valence-corrected chi connectivity index (χ3v) is 7.23. The predicted octanol–water partition coefficient (Wildman–Crippen LogP) is 5.55. The first-order valence-corrected chi connectivity index (χ1v) is 12.6. The molecule has 0 atom stereocenters. The molecule has 2 aromatic heterocycles. The summed E-state index contributed by atoms with van der Waals surface area (Å²) in [5.74, 6) is 1.21. The molecule has 0 radical (unpaired) electrons. The number of nitrogens with zero attached hydrogens (tertiary/aromatic N) is 3. The third-order valence-electron chi connectivity index (χ3n) is 6.29. The summed E-state index contributed by atoms with van der Waals surface area (Å²) in [6.07, 6.45) is 7.55. The Labute approximate surface area is 208 Å². The lowest BCUT2D eigenvalue weighted by molar-refractivity contribution is -0.115. The van der Waals surface area contributed by atoms with Crippen molar-refractivity contribution in [1.82, 2.24) is 9.97 Å². The fraction of sp³-hybridized carbons (Fsp3) is 0.296. The van der Waals surface area contributed by atoms with Crippen LogP contribution in [0.15, 0.2) is 54.2 Å². The molecule has 1 fully saturated rings. The van der Waals surface area contributed by atoms with Gasteiger partial charge in [-0.2, -0.15) is 0 Å². The van der Waals surface area contributed by atoms with Gasteiger partial charge >= 0.3 is 0 Å². The van der Waals surface area contributed by atoms with Crippen LogP contribution in [0.2, 0.25) is 0 Å². The molecule has 0 unspecified atom stereocenters. The quantitative estimate of drug-likeness (QED) is 0.368. The smallest absolute Gasteiger partial charge is 0.230 e. The number of piperidine rings is 1. The van der Waals surface area contributed by atoms with Crippen LogP contribution in [0, 0.1) is 0 Å². The second-order valence-electron chi connectivity index (χ2n) is 8.54. The summed E-state index contributed by atoms with van der Waals surface area (Å²) in [5.41, 5.74) is 3.63. The molecule has 0 spiro atoms. The number of rotatable bonds is 7. The molecule has 1 amide bonds. The standard InChI is InChI=1S/C27H28N4O3S/c1-33-24-9-6-18(14-25(24)34-2)27-29-19(17-35-27)15-26(32)30-22-7-8-23(31-12-4-3-5-13-31)20-10-11-28-16-21(20)22/h6-11,14,16-17H,3-5,12-13,15H2,1-2H3,(H,30,32). The van der Waals surface area contributed by atoms with E-state index in [4.69, 9.17) is 9.47 Å². The van der Waals surface area contributed by atoms with Gasteiger partial charge in [-0.25, -0.2) is 4.98 Å². The first-order chi connectivity index (χ1) is 17.2. The van der Waals surface area contributed by atoms with Crippen molar-refractivity contribution in [2.45, 2.75) is 25.7 Å². The highest BCUT2D eigenvalue weighted by Gasteiger charge is 2.17. The van der Waals surface area contributed by atoms with Crippen molar-refractivity contribution in [3.63, 3.8) is 0 Å². The Morgan fingerprint density at radius 1 is 1.03 bits per heavy atom. The maximum absolute atomic E-state index is 12.9. The predicted molar refractivity (Wildman–Crippen MR) is 141 cm³/mol. The van der Waals surface area contributed by atoms with Gasteiger partial charge in [-0.05, 0) is 55.7 Å². The minimum atomic E-state index is -0.106. The van der Waals surface area contributed by atoms with Crippen molar-refractivity contribution < 1.29 is 14.3 Å². The third kappa shape index (κ3) is 4.93. The van der Waals surface area contributed by atoms with Gasteiger partial charge in [0.1, 0.15) is 5.01 Å². The van der Waals surface area contributed by atoms with Gasteiger partial charge in [0.25, 0.3) is 0 Å². The van der Waals surface area contributed by atoms with Gasteiger partial charge in [0.05, 0.1) is 32.0 Å². The summed E-state index contributed by atoms with van der Waals surface area (Å²) in [5, 5.41) is 7.89.